The fraction of sp³-hybridized carbons (Fsp3) is 0.615. The number of nitrogens with two attached hydrogens (primary N) is 1. The van der Waals surface area contributed by atoms with E-state index in [1.54, 1.807) is 7.11 Å². The summed E-state index contributed by atoms with van der Waals surface area (Å²) in [6.07, 6.45) is 4.58. The van der Waals surface area contributed by atoms with Crippen molar-refractivity contribution in [1.29, 1.82) is 0 Å². The van der Waals surface area contributed by atoms with Crippen LogP contribution in [0.4, 0.5) is 5.69 Å². The van der Waals surface area contributed by atoms with Crippen LogP contribution in [0.3, 0.4) is 0 Å². The van der Waals surface area contributed by atoms with Gasteiger partial charge in [0.05, 0.1) is 23.7 Å². The summed E-state index contributed by atoms with van der Waals surface area (Å²) >= 11 is 0. The second kappa shape index (κ2) is 5.47. The van der Waals surface area contributed by atoms with Gasteiger partial charge in [-0.2, -0.15) is 0 Å². The summed E-state index contributed by atoms with van der Waals surface area (Å²) in [4.78, 5) is 6.73. The average molecular weight is 235 g/mol. The van der Waals surface area contributed by atoms with Crippen LogP contribution >= 0.6 is 0 Å². The zero-order chi connectivity index (χ0) is 12.3. The molecule has 4 nitrogen and oxygen atoms in total. The lowest BCUT2D eigenvalue weighted by Gasteiger charge is -2.33. The topological polar surface area (TPSA) is 51.4 Å². The standard InChI is InChI=1S/C13H21N3O/c1-10(14)13-6-5-11(8-15-13)16-7-3-4-12(9-16)17-2/h5-6,8,10,12H,3-4,7,9,14H2,1-2H3/t10-,12?/m1/s1. The third kappa shape index (κ3) is 2.96. The monoisotopic (exact) mass is 235 g/mol. The van der Waals surface area contributed by atoms with E-state index in [1.165, 1.54) is 6.42 Å². The van der Waals surface area contributed by atoms with E-state index >= 15 is 0 Å². The molecule has 1 aliphatic rings. The van der Waals surface area contributed by atoms with Gasteiger partial charge in [0.1, 0.15) is 0 Å². The molecule has 1 aliphatic heterocycles. The molecule has 17 heavy (non-hydrogen) atoms. The van der Waals surface area contributed by atoms with Crippen molar-refractivity contribution in [1.82, 2.24) is 4.98 Å². The van der Waals surface area contributed by atoms with Crippen LogP contribution in [0.15, 0.2) is 18.3 Å². The van der Waals surface area contributed by atoms with Gasteiger partial charge in [-0.25, -0.2) is 0 Å². The van der Waals surface area contributed by atoms with Crippen molar-refractivity contribution in [3.8, 4) is 0 Å². The third-order valence-corrected chi connectivity index (χ3v) is 3.31. The maximum Gasteiger partial charge on any atom is 0.0746 e. The van der Waals surface area contributed by atoms with Crippen LogP contribution < -0.4 is 10.6 Å². The summed E-state index contributed by atoms with van der Waals surface area (Å²) in [7, 11) is 1.78. The third-order valence-electron chi connectivity index (χ3n) is 3.31. The van der Waals surface area contributed by atoms with E-state index in [0.717, 1.165) is 30.9 Å². The van der Waals surface area contributed by atoms with Gasteiger partial charge in [-0.05, 0) is 31.9 Å². The van der Waals surface area contributed by atoms with Crippen molar-refractivity contribution < 1.29 is 4.74 Å². The first kappa shape index (κ1) is 12.3. The molecule has 4 heteroatoms. The number of nitrogens with zero attached hydrogens (tertiary/aromatic N) is 2. The number of aromatic nitrogens is 1. The molecule has 0 aromatic carbocycles. The summed E-state index contributed by atoms with van der Waals surface area (Å²) in [5.41, 5.74) is 7.89. The van der Waals surface area contributed by atoms with Crippen molar-refractivity contribution in [3.63, 3.8) is 0 Å². The molecule has 2 heterocycles. The van der Waals surface area contributed by atoms with Crippen LogP contribution in [0.25, 0.3) is 0 Å². The van der Waals surface area contributed by atoms with Crippen LogP contribution in [0, 0.1) is 0 Å². The minimum Gasteiger partial charge on any atom is -0.380 e. The average Bonchev–Trinajstić information content (AvgIpc) is 2.39. The Morgan fingerprint density at radius 2 is 2.35 bits per heavy atom. The number of pyridine rings is 1. The number of anilines is 1. The molecule has 1 fully saturated rings. The molecule has 1 aromatic rings. The Morgan fingerprint density at radius 1 is 1.53 bits per heavy atom. The Labute approximate surface area is 103 Å². The molecule has 0 aliphatic carbocycles. The van der Waals surface area contributed by atoms with Crippen molar-refractivity contribution in [2.45, 2.75) is 31.9 Å². The number of piperidine rings is 1. The van der Waals surface area contributed by atoms with Crippen LogP contribution in [-0.4, -0.2) is 31.3 Å². The van der Waals surface area contributed by atoms with Crippen LogP contribution in [0.5, 0.6) is 0 Å². The molecule has 94 valence electrons. The molecule has 0 spiro atoms. The molecule has 1 aromatic heterocycles. The maximum atomic E-state index is 5.79. The Hall–Kier alpha value is -1.13. The number of methoxy groups -OCH3 is 1. The van der Waals surface area contributed by atoms with Gasteiger partial charge in [-0.15, -0.1) is 0 Å². The molecular formula is C13H21N3O. The first-order chi connectivity index (χ1) is 8.20. The molecule has 1 saturated heterocycles. The van der Waals surface area contributed by atoms with Gasteiger partial charge in [-0.3, -0.25) is 4.98 Å². The zero-order valence-corrected chi connectivity index (χ0v) is 10.6. The van der Waals surface area contributed by atoms with E-state index in [0.29, 0.717) is 6.10 Å². The summed E-state index contributed by atoms with van der Waals surface area (Å²) in [5, 5.41) is 0. The van der Waals surface area contributed by atoms with E-state index in [-0.39, 0.29) is 6.04 Å². The van der Waals surface area contributed by atoms with Gasteiger partial charge >= 0.3 is 0 Å². The molecule has 0 amide bonds. The van der Waals surface area contributed by atoms with Gasteiger partial charge in [-0.1, -0.05) is 0 Å². The number of hydrogen-bond acceptors (Lipinski definition) is 4. The first-order valence-corrected chi connectivity index (χ1v) is 6.20. The van der Waals surface area contributed by atoms with Crippen molar-refractivity contribution in [2.24, 2.45) is 5.73 Å². The summed E-state index contributed by atoms with van der Waals surface area (Å²) in [6, 6.07) is 4.11. The van der Waals surface area contributed by atoms with Gasteiger partial charge in [0.25, 0.3) is 0 Å². The van der Waals surface area contributed by atoms with E-state index in [1.807, 2.05) is 19.2 Å². The largest absolute Gasteiger partial charge is 0.380 e. The number of rotatable bonds is 3. The summed E-state index contributed by atoms with van der Waals surface area (Å²) < 4.78 is 5.42. The molecule has 1 unspecified atom stereocenters. The normalized spacial score (nSPS) is 22.5. The maximum absolute atomic E-state index is 5.79. The summed E-state index contributed by atoms with van der Waals surface area (Å²) in [5.74, 6) is 0. The van der Waals surface area contributed by atoms with E-state index in [2.05, 4.69) is 16.0 Å². The molecular weight excluding hydrogens is 214 g/mol. The van der Waals surface area contributed by atoms with Gasteiger partial charge in [0.2, 0.25) is 0 Å². The van der Waals surface area contributed by atoms with Crippen LogP contribution in [0.2, 0.25) is 0 Å². The highest BCUT2D eigenvalue weighted by molar-refractivity contribution is 5.45. The second-order valence-electron chi connectivity index (χ2n) is 4.68. The van der Waals surface area contributed by atoms with E-state index in [4.69, 9.17) is 10.5 Å². The van der Waals surface area contributed by atoms with Gasteiger partial charge in [0.15, 0.2) is 0 Å². The second-order valence-corrected chi connectivity index (χ2v) is 4.68. The Kier molecular flexibility index (Phi) is 3.97. The predicted octanol–water partition coefficient (Wildman–Crippen LogP) is 1.72. The van der Waals surface area contributed by atoms with E-state index < -0.39 is 0 Å². The highest BCUT2D eigenvalue weighted by atomic mass is 16.5. The molecule has 0 radical (unpaired) electrons. The minimum atomic E-state index is -0.00266. The van der Waals surface area contributed by atoms with Crippen molar-refractivity contribution in [2.75, 3.05) is 25.1 Å². The highest BCUT2D eigenvalue weighted by Crippen LogP contribution is 2.21. The SMILES string of the molecule is COC1CCCN(c2ccc([C@@H](C)N)nc2)C1. The zero-order valence-electron chi connectivity index (χ0n) is 10.6. The van der Waals surface area contributed by atoms with Gasteiger partial charge in [0, 0.05) is 26.2 Å². The lowest BCUT2D eigenvalue weighted by Crippen LogP contribution is -2.39. The molecule has 0 bridgehead atoms. The first-order valence-electron chi connectivity index (χ1n) is 6.20. The predicted molar refractivity (Wildman–Crippen MR) is 69.1 cm³/mol. The number of hydrogen-bond donors (Lipinski definition) is 1. The fourth-order valence-electron chi connectivity index (χ4n) is 2.22. The van der Waals surface area contributed by atoms with E-state index in [9.17, 15) is 0 Å². The number of ether oxygens (including phenoxy) is 1. The fourth-order valence-corrected chi connectivity index (χ4v) is 2.22. The Bertz CT molecular complexity index is 350. The lowest BCUT2D eigenvalue weighted by atomic mass is 10.1. The lowest BCUT2D eigenvalue weighted by molar-refractivity contribution is 0.0893. The molecule has 0 saturated carbocycles. The van der Waals surface area contributed by atoms with Crippen molar-refractivity contribution in [3.05, 3.63) is 24.0 Å². The summed E-state index contributed by atoms with van der Waals surface area (Å²) in [6.45, 7) is 3.98. The molecule has 2 N–H and O–H groups in total. The smallest absolute Gasteiger partial charge is 0.0746 e. The minimum absolute atomic E-state index is 0.00266. The van der Waals surface area contributed by atoms with Gasteiger partial charge < -0.3 is 15.4 Å². The highest BCUT2D eigenvalue weighted by Gasteiger charge is 2.19. The Morgan fingerprint density at radius 3 is 2.94 bits per heavy atom. The van der Waals surface area contributed by atoms with Crippen LogP contribution in [0.1, 0.15) is 31.5 Å². The van der Waals surface area contributed by atoms with Crippen molar-refractivity contribution >= 4 is 5.69 Å². The molecule has 2 atom stereocenters. The molecule has 2 rings (SSSR count). The van der Waals surface area contributed by atoms with Crippen LogP contribution in [-0.2, 0) is 4.74 Å². The Balaban J connectivity index is 2.06. The quantitative estimate of drug-likeness (QED) is 0.866.